The number of ether oxygens (including phenoxy) is 2. The number of methoxy groups -OCH3 is 1. The van der Waals surface area contributed by atoms with Crippen LogP contribution in [0.2, 0.25) is 0 Å². The summed E-state index contributed by atoms with van der Waals surface area (Å²) < 4.78 is 11.1. The fourth-order valence-electron chi connectivity index (χ4n) is 3.36. The van der Waals surface area contributed by atoms with Gasteiger partial charge in [-0.15, -0.1) is 0 Å². The minimum absolute atomic E-state index is 0.0727. The van der Waals surface area contributed by atoms with Gasteiger partial charge in [0.15, 0.2) is 11.9 Å². The molecular weight excluding hydrogens is 330 g/mol. The molecule has 0 radical (unpaired) electrons. The smallest absolute Gasteiger partial charge is 0.268 e. The lowest BCUT2D eigenvalue weighted by Crippen LogP contribution is -2.43. The molecule has 1 aliphatic rings. The average Bonchev–Trinajstić information content (AvgIpc) is 2.96. The van der Waals surface area contributed by atoms with Crippen molar-refractivity contribution < 1.29 is 19.1 Å². The van der Waals surface area contributed by atoms with E-state index in [-0.39, 0.29) is 17.7 Å². The zero-order valence-electron chi connectivity index (χ0n) is 15.5. The number of benzene rings is 2. The Hall–Kier alpha value is -2.82. The summed E-state index contributed by atoms with van der Waals surface area (Å²) in [5.74, 6) is 0.685. The number of fused-ring (bicyclic) bond motifs is 1. The summed E-state index contributed by atoms with van der Waals surface area (Å²) in [6, 6.07) is 13.0. The summed E-state index contributed by atoms with van der Waals surface area (Å²) in [6.07, 6.45) is 0.0979. The highest BCUT2D eigenvalue weighted by molar-refractivity contribution is 6.00. The number of amides is 1. The maximum absolute atomic E-state index is 13.0. The van der Waals surface area contributed by atoms with Gasteiger partial charge >= 0.3 is 0 Å². The molecule has 136 valence electrons. The van der Waals surface area contributed by atoms with Crippen molar-refractivity contribution >= 4 is 17.4 Å². The number of ketones is 1. The molecule has 0 saturated carbocycles. The Kier molecular flexibility index (Phi) is 4.98. The van der Waals surface area contributed by atoms with Gasteiger partial charge in [0.05, 0.1) is 12.7 Å². The van der Waals surface area contributed by atoms with Gasteiger partial charge in [0.25, 0.3) is 5.91 Å². The molecular formula is C21H23NO4. The molecule has 3 rings (SSSR count). The van der Waals surface area contributed by atoms with Gasteiger partial charge < -0.3 is 14.4 Å². The molecule has 2 aromatic rings. The van der Waals surface area contributed by atoms with E-state index in [1.54, 1.807) is 37.1 Å². The van der Waals surface area contributed by atoms with Crippen LogP contribution in [-0.4, -0.2) is 30.9 Å². The fourth-order valence-corrected chi connectivity index (χ4v) is 3.36. The van der Waals surface area contributed by atoms with Crippen molar-refractivity contribution in [2.75, 3.05) is 12.0 Å². The number of carbonyl (C=O) groups is 2. The molecule has 2 atom stereocenters. The van der Waals surface area contributed by atoms with Crippen LogP contribution >= 0.6 is 0 Å². The van der Waals surface area contributed by atoms with Gasteiger partial charge in [0.2, 0.25) is 0 Å². The van der Waals surface area contributed by atoms with E-state index in [0.29, 0.717) is 17.1 Å². The Balaban J connectivity index is 1.86. The van der Waals surface area contributed by atoms with E-state index in [1.165, 1.54) is 6.92 Å². The molecule has 0 bridgehead atoms. The third kappa shape index (κ3) is 3.29. The van der Waals surface area contributed by atoms with Crippen molar-refractivity contribution in [2.45, 2.75) is 39.3 Å². The van der Waals surface area contributed by atoms with E-state index in [4.69, 9.17) is 9.47 Å². The molecule has 0 aliphatic carbocycles. The first-order valence-corrected chi connectivity index (χ1v) is 8.69. The molecule has 0 N–H and O–H groups in total. The van der Waals surface area contributed by atoms with Gasteiger partial charge in [-0.1, -0.05) is 18.2 Å². The largest absolute Gasteiger partial charge is 0.497 e. The first-order valence-electron chi connectivity index (χ1n) is 8.69. The summed E-state index contributed by atoms with van der Waals surface area (Å²) in [6.45, 7) is 5.20. The van der Waals surface area contributed by atoms with E-state index < -0.39 is 6.10 Å². The molecule has 0 aromatic heterocycles. The Morgan fingerprint density at radius 2 is 1.92 bits per heavy atom. The predicted molar refractivity (Wildman–Crippen MR) is 100 cm³/mol. The van der Waals surface area contributed by atoms with E-state index in [9.17, 15) is 9.59 Å². The van der Waals surface area contributed by atoms with Gasteiger partial charge in [-0.05, 0) is 51.0 Å². The van der Waals surface area contributed by atoms with Crippen molar-refractivity contribution in [3.05, 3.63) is 53.6 Å². The lowest BCUT2D eigenvalue weighted by atomic mass is 10.1. The summed E-state index contributed by atoms with van der Waals surface area (Å²) in [5, 5.41) is 0. The van der Waals surface area contributed by atoms with Crippen molar-refractivity contribution in [3.8, 4) is 11.5 Å². The van der Waals surface area contributed by atoms with E-state index >= 15 is 0 Å². The molecule has 0 saturated heterocycles. The quantitative estimate of drug-likeness (QED) is 0.770. The minimum atomic E-state index is -0.728. The van der Waals surface area contributed by atoms with Crippen LogP contribution in [0.1, 0.15) is 36.7 Å². The van der Waals surface area contributed by atoms with Crippen LogP contribution in [0.25, 0.3) is 0 Å². The fraction of sp³-hybridized carbons (Fsp3) is 0.333. The highest BCUT2D eigenvalue weighted by Gasteiger charge is 2.34. The van der Waals surface area contributed by atoms with Gasteiger partial charge in [0, 0.05) is 17.8 Å². The second kappa shape index (κ2) is 7.20. The van der Waals surface area contributed by atoms with E-state index in [1.807, 2.05) is 31.2 Å². The first-order chi connectivity index (χ1) is 12.4. The first kappa shape index (κ1) is 18.0. The zero-order chi connectivity index (χ0) is 18.8. The summed E-state index contributed by atoms with van der Waals surface area (Å²) in [4.78, 5) is 26.7. The van der Waals surface area contributed by atoms with Crippen molar-refractivity contribution in [1.29, 1.82) is 0 Å². The maximum atomic E-state index is 13.0. The predicted octanol–water partition coefficient (Wildman–Crippen LogP) is 3.64. The van der Waals surface area contributed by atoms with Crippen LogP contribution in [-0.2, 0) is 11.2 Å². The molecule has 1 heterocycles. The number of hydrogen-bond donors (Lipinski definition) is 0. The van der Waals surface area contributed by atoms with Crippen LogP contribution in [0.3, 0.4) is 0 Å². The van der Waals surface area contributed by atoms with E-state index in [0.717, 1.165) is 17.7 Å². The number of rotatable bonds is 5. The number of Topliss-reactive ketones (excluding diaryl/α,β-unsaturated/α-hetero) is 1. The lowest BCUT2D eigenvalue weighted by Gasteiger charge is -2.26. The molecule has 1 aliphatic heterocycles. The molecule has 26 heavy (non-hydrogen) atoms. The SMILES string of the molecule is COc1ccc(C(C)=O)c(OC(C)C(=O)N2c3ccccc3CC2C)c1. The third-order valence-corrected chi connectivity index (χ3v) is 4.66. The molecule has 0 spiro atoms. The van der Waals surface area contributed by atoms with Gasteiger partial charge in [0.1, 0.15) is 11.5 Å². The van der Waals surface area contributed by atoms with Gasteiger partial charge in [-0.3, -0.25) is 9.59 Å². The Morgan fingerprint density at radius 3 is 2.62 bits per heavy atom. The molecule has 1 amide bonds. The Bertz CT molecular complexity index is 846. The maximum Gasteiger partial charge on any atom is 0.268 e. The van der Waals surface area contributed by atoms with E-state index in [2.05, 4.69) is 0 Å². The zero-order valence-corrected chi connectivity index (χ0v) is 15.5. The summed E-state index contributed by atoms with van der Waals surface area (Å²) in [5.41, 5.74) is 2.52. The second-order valence-corrected chi connectivity index (χ2v) is 6.57. The third-order valence-electron chi connectivity index (χ3n) is 4.66. The Morgan fingerprint density at radius 1 is 1.19 bits per heavy atom. The van der Waals surface area contributed by atoms with Crippen LogP contribution < -0.4 is 14.4 Å². The standard InChI is InChI=1S/C21H23NO4/c1-13-11-16-7-5-6-8-19(16)22(13)21(24)15(3)26-20-12-17(25-4)9-10-18(20)14(2)23/h5-10,12-13,15H,11H2,1-4H3. The van der Waals surface area contributed by atoms with Crippen LogP contribution in [0, 0.1) is 0 Å². The van der Waals surface area contributed by atoms with Crippen molar-refractivity contribution in [3.63, 3.8) is 0 Å². The molecule has 2 aromatic carbocycles. The number of para-hydroxylation sites is 1. The number of carbonyl (C=O) groups excluding carboxylic acids is 2. The minimum Gasteiger partial charge on any atom is -0.497 e. The van der Waals surface area contributed by atoms with Crippen molar-refractivity contribution in [2.24, 2.45) is 0 Å². The number of nitrogens with zero attached hydrogens (tertiary/aromatic N) is 1. The Labute approximate surface area is 153 Å². The topological polar surface area (TPSA) is 55.8 Å². The molecule has 5 heteroatoms. The molecule has 0 fully saturated rings. The van der Waals surface area contributed by atoms with Gasteiger partial charge in [-0.25, -0.2) is 0 Å². The highest BCUT2D eigenvalue weighted by Crippen LogP contribution is 2.33. The normalized spacial score (nSPS) is 16.8. The van der Waals surface area contributed by atoms with Gasteiger partial charge in [-0.2, -0.15) is 0 Å². The monoisotopic (exact) mass is 353 g/mol. The average molecular weight is 353 g/mol. The van der Waals surface area contributed by atoms with Crippen LogP contribution in [0.4, 0.5) is 5.69 Å². The summed E-state index contributed by atoms with van der Waals surface area (Å²) in [7, 11) is 1.55. The number of hydrogen-bond acceptors (Lipinski definition) is 4. The van der Waals surface area contributed by atoms with Crippen molar-refractivity contribution in [1.82, 2.24) is 0 Å². The summed E-state index contributed by atoms with van der Waals surface area (Å²) >= 11 is 0. The second-order valence-electron chi connectivity index (χ2n) is 6.57. The molecule has 5 nitrogen and oxygen atoms in total. The highest BCUT2D eigenvalue weighted by atomic mass is 16.5. The van der Waals surface area contributed by atoms with Crippen LogP contribution in [0.15, 0.2) is 42.5 Å². The lowest BCUT2D eigenvalue weighted by molar-refractivity contribution is -0.124. The van der Waals surface area contributed by atoms with Crippen LogP contribution in [0.5, 0.6) is 11.5 Å². The number of anilines is 1. The molecule has 2 unspecified atom stereocenters.